The summed E-state index contributed by atoms with van der Waals surface area (Å²) in [6.07, 6.45) is 0. The van der Waals surface area contributed by atoms with Crippen LogP contribution in [0.2, 0.25) is 0 Å². The van der Waals surface area contributed by atoms with Crippen LogP contribution in [0.5, 0.6) is 0 Å². The monoisotopic (exact) mass is 337 g/mol. The number of aromatic carboxylic acids is 1. The average molecular weight is 337 g/mol. The van der Waals surface area contributed by atoms with E-state index in [1.165, 1.54) is 0 Å². The molecule has 1 aromatic heterocycles. The van der Waals surface area contributed by atoms with Gasteiger partial charge in [0, 0.05) is 0 Å². The van der Waals surface area contributed by atoms with Crippen LogP contribution in [0.15, 0.2) is 70.3 Å². The smallest absolute Gasteiger partial charge is 0.362 e. The van der Waals surface area contributed by atoms with Gasteiger partial charge in [-0.2, -0.15) is 9.78 Å². The zero-order valence-corrected chi connectivity index (χ0v) is 13.4. The Morgan fingerprint density at radius 1 is 1.00 bits per heavy atom. The fraction of sp³-hybridized carbons (Fsp3) is 0.111. The minimum Gasteiger partial charge on any atom is -0.476 e. The van der Waals surface area contributed by atoms with Crippen LogP contribution >= 0.6 is 0 Å². The zero-order chi connectivity index (χ0) is 18.0. The number of carbonyl (C=O) groups is 1. The Morgan fingerprint density at radius 3 is 2.12 bits per heavy atom. The minimum absolute atomic E-state index is 0.379. The predicted molar refractivity (Wildman–Crippen MR) is 91.3 cm³/mol. The third-order valence-electron chi connectivity index (χ3n) is 3.88. The van der Waals surface area contributed by atoms with E-state index in [0.717, 1.165) is 9.25 Å². The molecule has 25 heavy (non-hydrogen) atoms. The molecule has 1 atom stereocenters. The Balaban J connectivity index is 2.31. The van der Waals surface area contributed by atoms with Gasteiger partial charge in [-0.15, -0.1) is 0 Å². The lowest BCUT2D eigenvalue weighted by Gasteiger charge is -2.17. The first-order chi connectivity index (χ1) is 12.0. The van der Waals surface area contributed by atoms with Crippen molar-refractivity contribution < 1.29 is 9.90 Å². The molecule has 1 heterocycles. The van der Waals surface area contributed by atoms with Crippen molar-refractivity contribution in [3.8, 4) is 5.69 Å². The summed E-state index contributed by atoms with van der Waals surface area (Å²) in [7, 11) is 0. The van der Waals surface area contributed by atoms with E-state index < -0.39 is 29.0 Å². The molecule has 0 aliphatic rings. The van der Waals surface area contributed by atoms with Gasteiger partial charge in [0.15, 0.2) is 0 Å². The van der Waals surface area contributed by atoms with Gasteiger partial charge in [0.1, 0.15) is 0 Å². The quantitative estimate of drug-likeness (QED) is 0.782. The van der Waals surface area contributed by atoms with Crippen LogP contribution in [0.4, 0.5) is 0 Å². The Hall–Kier alpha value is -3.48. The molecule has 0 saturated heterocycles. The summed E-state index contributed by atoms with van der Waals surface area (Å²) in [6, 6.07) is 16.7. The van der Waals surface area contributed by atoms with Crippen molar-refractivity contribution in [2.24, 2.45) is 0 Å². The van der Waals surface area contributed by atoms with Gasteiger partial charge in [0.2, 0.25) is 5.69 Å². The standard InChI is InChI=1S/C18H15N3O4/c1-12(13-8-4-2-5-9-13)20-16(22)15(17(23)24)19-21(18(20)25)14-10-6-3-7-11-14/h2-12H,1H3,(H,23,24). The number of carboxylic acids is 1. The van der Waals surface area contributed by atoms with Gasteiger partial charge in [-0.05, 0) is 24.6 Å². The molecular weight excluding hydrogens is 322 g/mol. The largest absolute Gasteiger partial charge is 0.476 e. The number of para-hydroxylation sites is 1. The van der Waals surface area contributed by atoms with Crippen LogP contribution in [0.1, 0.15) is 29.0 Å². The Morgan fingerprint density at radius 2 is 1.56 bits per heavy atom. The molecule has 2 aromatic carbocycles. The van der Waals surface area contributed by atoms with Crippen LogP contribution in [0.3, 0.4) is 0 Å². The molecule has 0 fully saturated rings. The van der Waals surface area contributed by atoms with E-state index in [0.29, 0.717) is 11.3 Å². The van der Waals surface area contributed by atoms with E-state index in [4.69, 9.17) is 0 Å². The van der Waals surface area contributed by atoms with E-state index in [9.17, 15) is 19.5 Å². The van der Waals surface area contributed by atoms with Gasteiger partial charge >= 0.3 is 11.7 Å². The first kappa shape index (κ1) is 16.4. The molecule has 7 nitrogen and oxygen atoms in total. The van der Waals surface area contributed by atoms with Crippen molar-refractivity contribution in [1.82, 2.24) is 14.3 Å². The highest BCUT2D eigenvalue weighted by atomic mass is 16.4. The Bertz CT molecular complexity index is 1020. The van der Waals surface area contributed by atoms with E-state index in [1.54, 1.807) is 61.5 Å². The maximum atomic E-state index is 12.9. The fourth-order valence-electron chi connectivity index (χ4n) is 2.58. The molecule has 0 bridgehead atoms. The van der Waals surface area contributed by atoms with Gasteiger partial charge in [0.05, 0.1) is 11.7 Å². The molecule has 0 radical (unpaired) electrons. The van der Waals surface area contributed by atoms with Crippen LogP contribution in [-0.4, -0.2) is 25.4 Å². The number of hydrogen-bond acceptors (Lipinski definition) is 4. The van der Waals surface area contributed by atoms with Crippen molar-refractivity contribution in [1.29, 1.82) is 0 Å². The number of rotatable bonds is 4. The molecule has 7 heteroatoms. The van der Waals surface area contributed by atoms with E-state index >= 15 is 0 Å². The van der Waals surface area contributed by atoms with Gasteiger partial charge < -0.3 is 5.11 Å². The van der Waals surface area contributed by atoms with Crippen molar-refractivity contribution >= 4 is 5.97 Å². The molecule has 1 N–H and O–H groups in total. The summed E-state index contributed by atoms with van der Waals surface area (Å²) >= 11 is 0. The fourth-order valence-corrected chi connectivity index (χ4v) is 2.58. The van der Waals surface area contributed by atoms with Gasteiger partial charge in [-0.1, -0.05) is 48.5 Å². The summed E-state index contributed by atoms with van der Waals surface area (Å²) < 4.78 is 1.85. The number of aromatic nitrogens is 3. The zero-order valence-electron chi connectivity index (χ0n) is 13.4. The molecule has 3 aromatic rings. The van der Waals surface area contributed by atoms with E-state index in [1.807, 2.05) is 6.07 Å². The van der Waals surface area contributed by atoms with Crippen molar-refractivity contribution in [3.05, 3.63) is 92.8 Å². The average Bonchev–Trinajstić information content (AvgIpc) is 2.63. The number of carboxylic acid groups (broad SMARTS) is 1. The van der Waals surface area contributed by atoms with Gasteiger partial charge in [-0.25, -0.2) is 14.2 Å². The summed E-state index contributed by atoms with van der Waals surface area (Å²) in [5, 5.41) is 13.1. The molecular formula is C18H15N3O4. The molecule has 0 saturated carbocycles. The predicted octanol–water partition coefficient (Wildman–Crippen LogP) is 1.70. The third kappa shape index (κ3) is 2.99. The molecule has 126 valence electrons. The van der Waals surface area contributed by atoms with Crippen LogP contribution in [0, 0.1) is 0 Å². The van der Waals surface area contributed by atoms with Gasteiger partial charge in [0.25, 0.3) is 5.56 Å². The lowest BCUT2D eigenvalue weighted by Crippen LogP contribution is -2.45. The second-order valence-corrected chi connectivity index (χ2v) is 5.45. The first-order valence-corrected chi connectivity index (χ1v) is 7.60. The third-order valence-corrected chi connectivity index (χ3v) is 3.88. The van der Waals surface area contributed by atoms with Crippen molar-refractivity contribution in [2.75, 3.05) is 0 Å². The number of benzene rings is 2. The summed E-state index contributed by atoms with van der Waals surface area (Å²) in [5.74, 6) is -1.48. The highest BCUT2D eigenvalue weighted by Gasteiger charge is 2.23. The summed E-state index contributed by atoms with van der Waals surface area (Å²) in [6.45, 7) is 1.67. The lowest BCUT2D eigenvalue weighted by atomic mass is 10.1. The SMILES string of the molecule is CC(c1ccccc1)n1c(=O)c(C(=O)O)nn(-c2ccccc2)c1=O. The van der Waals surface area contributed by atoms with E-state index in [2.05, 4.69) is 5.10 Å². The van der Waals surface area contributed by atoms with Crippen LogP contribution in [0.25, 0.3) is 5.69 Å². The number of hydrogen-bond donors (Lipinski definition) is 1. The first-order valence-electron chi connectivity index (χ1n) is 7.60. The van der Waals surface area contributed by atoms with Crippen molar-refractivity contribution in [2.45, 2.75) is 13.0 Å². The minimum atomic E-state index is -1.48. The second-order valence-electron chi connectivity index (χ2n) is 5.45. The summed E-state index contributed by atoms with van der Waals surface area (Å²) in [5.41, 5.74) is -1.24. The highest BCUT2D eigenvalue weighted by molar-refractivity contribution is 5.84. The Kier molecular flexibility index (Phi) is 4.30. The second kappa shape index (κ2) is 6.56. The molecule has 1 unspecified atom stereocenters. The topological polar surface area (TPSA) is 94.2 Å². The maximum absolute atomic E-state index is 12.9. The molecule has 0 aliphatic heterocycles. The van der Waals surface area contributed by atoms with Crippen LogP contribution < -0.4 is 11.2 Å². The van der Waals surface area contributed by atoms with Crippen LogP contribution in [-0.2, 0) is 0 Å². The highest BCUT2D eigenvalue weighted by Crippen LogP contribution is 2.14. The lowest BCUT2D eigenvalue weighted by molar-refractivity contribution is 0.0684. The van der Waals surface area contributed by atoms with Crippen molar-refractivity contribution in [3.63, 3.8) is 0 Å². The normalized spacial score (nSPS) is 11.9. The molecule has 0 aliphatic carbocycles. The Labute approximate surface area is 142 Å². The van der Waals surface area contributed by atoms with Gasteiger partial charge in [-0.3, -0.25) is 4.79 Å². The maximum Gasteiger partial charge on any atom is 0.362 e. The molecule has 0 spiro atoms. The van der Waals surface area contributed by atoms with E-state index in [-0.39, 0.29) is 0 Å². The number of nitrogens with zero attached hydrogens (tertiary/aromatic N) is 3. The summed E-state index contributed by atoms with van der Waals surface area (Å²) in [4.78, 5) is 36.8. The molecule has 3 rings (SSSR count). The molecule has 0 amide bonds.